The van der Waals surface area contributed by atoms with Crippen molar-refractivity contribution in [2.45, 2.75) is 33.1 Å². The summed E-state index contributed by atoms with van der Waals surface area (Å²) in [6, 6.07) is 12.5. The molecule has 0 saturated carbocycles. The topological polar surface area (TPSA) is 60.2 Å². The number of thiazole rings is 1. The highest BCUT2D eigenvalue weighted by Crippen LogP contribution is 2.32. The van der Waals surface area contributed by atoms with Gasteiger partial charge in [-0.25, -0.2) is 4.98 Å². The number of rotatable bonds is 4. The van der Waals surface area contributed by atoms with Crippen LogP contribution in [0.2, 0.25) is 0 Å². The van der Waals surface area contributed by atoms with Crippen molar-refractivity contribution in [3.63, 3.8) is 0 Å². The van der Waals surface area contributed by atoms with Crippen LogP contribution < -0.4 is 10.1 Å². The molecule has 0 fully saturated rings. The predicted octanol–water partition coefficient (Wildman–Crippen LogP) is 5.88. The normalized spacial score (nSPS) is 12.0. The third-order valence-corrected chi connectivity index (χ3v) is 5.07. The number of oxazole rings is 1. The minimum atomic E-state index is 0.0754. The molecule has 0 radical (unpaired) electrons. The lowest BCUT2D eigenvalue weighted by Crippen LogP contribution is -2.10. The smallest absolute Gasteiger partial charge is 0.302 e. The molecule has 4 rings (SSSR count). The first-order valence-corrected chi connectivity index (χ1v) is 9.45. The maximum atomic E-state index is 5.82. The first kappa shape index (κ1) is 16.8. The highest BCUT2D eigenvalue weighted by Gasteiger charge is 2.16. The summed E-state index contributed by atoms with van der Waals surface area (Å²) in [4.78, 5) is 9.15. The Labute approximate surface area is 156 Å². The SMILES string of the molecule is CCOc1ccc2nc(Nc3nc4cc(C(C)(C)C)ccc4o3)sc2c1. The van der Waals surface area contributed by atoms with Gasteiger partial charge in [-0.2, -0.15) is 4.98 Å². The fourth-order valence-electron chi connectivity index (χ4n) is 2.75. The number of ether oxygens (including phenoxy) is 1. The van der Waals surface area contributed by atoms with Crippen LogP contribution in [0.5, 0.6) is 5.75 Å². The Kier molecular flexibility index (Phi) is 4.07. The zero-order chi connectivity index (χ0) is 18.3. The van der Waals surface area contributed by atoms with Crippen molar-refractivity contribution in [3.05, 3.63) is 42.0 Å². The Morgan fingerprint density at radius 1 is 1.08 bits per heavy atom. The van der Waals surface area contributed by atoms with E-state index in [-0.39, 0.29) is 5.41 Å². The Balaban J connectivity index is 1.63. The second-order valence-electron chi connectivity index (χ2n) is 7.16. The summed E-state index contributed by atoms with van der Waals surface area (Å²) in [5, 5.41) is 3.93. The van der Waals surface area contributed by atoms with E-state index in [0.29, 0.717) is 12.6 Å². The second kappa shape index (κ2) is 6.29. The molecule has 0 aliphatic carbocycles. The van der Waals surface area contributed by atoms with Crippen molar-refractivity contribution >= 4 is 43.8 Å². The van der Waals surface area contributed by atoms with Gasteiger partial charge in [0.15, 0.2) is 10.7 Å². The lowest BCUT2D eigenvalue weighted by molar-refractivity contribution is 0.341. The number of benzene rings is 2. The van der Waals surface area contributed by atoms with E-state index in [9.17, 15) is 0 Å². The van der Waals surface area contributed by atoms with Crippen molar-refractivity contribution in [1.29, 1.82) is 0 Å². The molecule has 0 amide bonds. The average molecular weight is 367 g/mol. The van der Waals surface area contributed by atoms with Crippen LogP contribution in [0.25, 0.3) is 21.3 Å². The molecule has 5 nitrogen and oxygen atoms in total. The van der Waals surface area contributed by atoms with Crippen LogP contribution in [0.15, 0.2) is 40.8 Å². The van der Waals surface area contributed by atoms with Crippen LogP contribution in [-0.4, -0.2) is 16.6 Å². The molecule has 2 aromatic carbocycles. The lowest BCUT2D eigenvalue weighted by atomic mass is 9.87. The van der Waals surface area contributed by atoms with Gasteiger partial charge in [-0.05, 0) is 48.2 Å². The minimum absolute atomic E-state index is 0.0754. The molecule has 6 heteroatoms. The number of nitrogens with zero attached hydrogens (tertiary/aromatic N) is 2. The highest BCUT2D eigenvalue weighted by molar-refractivity contribution is 7.22. The van der Waals surface area contributed by atoms with Crippen LogP contribution in [0.4, 0.5) is 11.1 Å². The number of fused-ring (bicyclic) bond motifs is 2. The fraction of sp³-hybridized carbons (Fsp3) is 0.300. The molecule has 134 valence electrons. The molecular formula is C20H21N3O2S. The Morgan fingerprint density at radius 2 is 1.92 bits per heavy atom. The van der Waals surface area contributed by atoms with Gasteiger partial charge in [0.1, 0.15) is 11.3 Å². The van der Waals surface area contributed by atoms with Crippen LogP contribution in [0, 0.1) is 0 Å². The van der Waals surface area contributed by atoms with E-state index in [1.165, 1.54) is 5.56 Å². The number of hydrogen-bond acceptors (Lipinski definition) is 6. The number of anilines is 2. The quantitative estimate of drug-likeness (QED) is 0.488. The molecule has 4 aromatic rings. The molecule has 0 unspecified atom stereocenters. The zero-order valence-corrected chi connectivity index (χ0v) is 16.1. The maximum Gasteiger partial charge on any atom is 0.302 e. The molecule has 2 heterocycles. The van der Waals surface area contributed by atoms with Gasteiger partial charge in [-0.15, -0.1) is 0 Å². The Hall–Kier alpha value is -2.60. The summed E-state index contributed by atoms with van der Waals surface area (Å²) < 4.78 is 12.4. The van der Waals surface area contributed by atoms with Gasteiger partial charge in [-0.3, -0.25) is 5.32 Å². The van der Waals surface area contributed by atoms with Gasteiger partial charge in [0, 0.05) is 0 Å². The van der Waals surface area contributed by atoms with Crippen molar-refractivity contribution in [1.82, 2.24) is 9.97 Å². The Morgan fingerprint density at radius 3 is 2.69 bits per heavy atom. The van der Waals surface area contributed by atoms with Gasteiger partial charge < -0.3 is 9.15 Å². The molecule has 0 saturated heterocycles. The summed E-state index contributed by atoms with van der Waals surface area (Å²) in [5.41, 5.74) is 3.84. The van der Waals surface area contributed by atoms with E-state index < -0.39 is 0 Å². The predicted molar refractivity (Wildman–Crippen MR) is 107 cm³/mol. The monoisotopic (exact) mass is 367 g/mol. The number of nitrogens with one attached hydrogen (secondary N) is 1. The molecule has 0 aliphatic heterocycles. The van der Waals surface area contributed by atoms with Crippen molar-refractivity contribution < 1.29 is 9.15 Å². The van der Waals surface area contributed by atoms with Crippen molar-refractivity contribution in [3.8, 4) is 5.75 Å². The molecule has 1 N–H and O–H groups in total. The molecule has 0 aliphatic rings. The van der Waals surface area contributed by atoms with Gasteiger partial charge in [0.05, 0.1) is 16.8 Å². The highest BCUT2D eigenvalue weighted by atomic mass is 32.1. The third-order valence-electron chi connectivity index (χ3n) is 4.14. The standard InChI is InChI=1S/C20H21N3O2S/c1-5-24-13-7-8-14-17(11-13)26-19(22-14)23-18-21-15-10-12(20(2,3)4)6-9-16(15)25-18/h6-11H,5H2,1-4H3,(H,21,22,23). The van der Waals surface area contributed by atoms with E-state index in [4.69, 9.17) is 9.15 Å². The van der Waals surface area contributed by atoms with E-state index in [2.05, 4.69) is 48.2 Å². The summed E-state index contributed by atoms with van der Waals surface area (Å²) in [7, 11) is 0. The van der Waals surface area contributed by atoms with Crippen LogP contribution in [-0.2, 0) is 5.41 Å². The summed E-state index contributed by atoms with van der Waals surface area (Å²) in [6.45, 7) is 9.18. The molecule has 0 bridgehead atoms. The molecule has 0 spiro atoms. The van der Waals surface area contributed by atoms with Crippen LogP contribution in [0.3, 0.4) is 0 Å². The number of aromatic nitrogens is 2. The summed E-state index contributed by atoms with van der Waals surface area (Å²) in [6.07, 6.45) is 0. The van der Waals surface area contributed by atoms with Crippen LogP contribution in [0.1, 0.15) is 33.3 Å². The largest absolute Gasteiger partial charge is 0.494 e. The van der Waals surface area contributed by atoms with E-state index in [0.717, 1.165) is 32.2 Å². The van der Waals surface area contributed by atoms with E-state index in [1.54, 1.807) is 11.3 Å². The molecular weight excluding hydrogens is 346 g/mol. The van der Waals surface area contributed by atoms with E-state index >= 15 is 0 Å². The average Bonchev–Trinajstić information content (AvgIpc) is 3.15. The Bertz CT molecular complexity index is 1080. The van der Waals surface area contributed by atoms with Crippen molar-refractivity contribution in [2.24, 2.45) is 0 Å². The van der Waals surface area contributed by atoms with E-state index in [1.807, 2.05) is 31.2 Å². The minimum Gasteiger partial charge on any atom is -0.494 e. The van der Waals surface area contributed by atoms with Gasteiger partial charge in [0.25, 0.3) is 0 Å². The zero-order valence-electron chi connectivity index (χ0n) is 15.3. The maximum absolute atomic E-state index is 5.82. The third kappa shape index (κ3) is 3.24. The van der Waals surface area contributed by atoms with Gasteiger partial charge in [0.2, 0.25) is 0 Å². The molecule has 0 atom stereocenters. The molecule has 2 aromatic heterocycles. The lowest BCUT2D eigenvalue weighted by Gasteiger charge is -2.18. The first-order chi connectivity index (χ1) is 12.4. The van der Waals surface area contributed by atoms with Crippen molar-refractivity contribution in [2.75, 3.05) is 11.9 Å². The number of hydrogen-bond donors (Lipinski definition) is 1. The van der Waals surface area contributed by atoms with Gasteiger partial charge >= 0.3 is 6.01 Å². The fourth-order valence-corrected chi connectivity index (χ4v) is 3.64. The first-order valence-electron chi connectivity index (χ1n) is 8.64. The van der Waals surface area contributed by atoms with Crippen LogP contribution >= 0.6 is 11.3 Å². The summed E-state index contributed by atoms with van der Waals surface area (Å²) >= 11 is 1.55. The van der Waals surface area contributed by atoms with Gasteiger partial charge in [-0.1, -0.05) is 38.2 Å². The molecule has 26 heavy (non-hydrogen) atoms. The second-order valence-corrected chi connectivity index (χ2v) is 8.19. The summed E-state index contributed by atoms with van der Waals surface area (Å²) in [5.74, 6) is 0.853.